The summed E-state index contributed by atoms with van der Waals surface area (Å²) in [4.78, 5) is 118. The molecule has 0 saturated carbocycles. The van der Waals surface area contributed by atoms with Crippen molar-refractivity contribution < 1.29 is 18.7 Å². The van der Waals surface area contributed by atoms with E-state index in [0.717, 1.165) is 230 Å². The quantitative estimate of drug-likeness (QED) is 0.0313. The van der Waals surface area contributed by atoms with Crippen LogP contribution in [-0.2, 0) is 24.4 Å². The number of nitrogens with zero attached hydrogens (tertiary/aromatic N) is 15. The fourth-order valence-electron chi connectivity index (χ4n) is 18.1. The van der Waals surface area contributed by atoms with Crippen LogP contribution in [0.15, 0.2) is 342 Å². The molecule has 4 aliphatic heterocycles. The minimum Gasteiger partial charge on any atom is -0.379 e. The molecule has 4 aliphatic rings. The number of halogens is 1. The van der Waals surface area contributed by atoms with Crippen molar-refractivity contribution in [2.45, 2.75) is 39.5 Å². The summed E-state index contributed by atoms with van der Waals surface area (Å²) in [5.74, 6) is -0.153. The molecule has 2 amide bonds. The number of aromatic amines is 4. The number of fused-ring (bicyclic) bond motifs is 4. The molecular weight excluding hydrogens is 1750 g/mol. The van der Waals surface area contributed by atoms with Gasteiger partial charge in [-0.1, -0.05) is 54.6 Å². The lowest BCUT2D eigenvalue weighted by Gasteiger charge is -2.38. The zero-order valence-corrected chi connectivity index (χ0v) is 77.1. The van der Waals surface area contributed by atoms with E-state index in [9.17, 15) is 33.2 Å². The Morgan fingerprint density at radius 1 is 0.345 bits per heavy atom. The number of aromatic nitrogens is 12. The Hall–Kier alpha value is -16.5. The van der Waals surface area contributed by atoms with Crippen LogP contribution < -0.4 is 48.4 Å². The largest absolute Gasteiger partial charge is 0.379 e. The minimum atomic E-state index is -0.231. The number of carbonyl (C=O) groups is 2. The van der Waals surface area contributed by atoms with Gasteiger partial charge in [-0.05, 0) is 200 Å². The first-order chi connectivity index (χ1) is 68.0. The molecular formula is C108H106FN23O7. The van der Waals surface area contributed by atoms with E-state index in [1.807, 2.05) is 180 Å². The van der Waals surface area contributed by atoms with Gasteiger partial charge in [-0.2, -0.15) is 0 Å². The molecule has 0 aliphatic carbocycles. The Kier molecular flexibility index (Phi) is 28.1. The third kappa shape index (κ3) is 22.2. The van der Waals surface area contributed by atoms with Gasteiger partial charge in [0.05, 0.1) is 58.7 Å². The van der Waals surface area contributed by atoms with Gasteiger partial charge < -0.3 is 60.6 Å². The van der Waals surface area contributed by atoms with Crippen LogP contribution in [0.3, 0.4) is 0 Å². The summed E-state index contributed by atoms with van der Waals surface area (Å²) >= 11 is 0. The monoisotopic (exact) mass is 1860 g/mol. The molecule has 16 heterocycles. The molecule has 30 nitrogen and oxygen atoms in total. The zero-order valence-electron chi connectivity index (χ0n) is 77.1. The first kappa shape index (κ1) is 91.7. The van der Waals surface area contributed by atoms with Crippen molar-refractivity contribution in [2.24, 2.45) is 0 Å². The van der Waals surface area contributed by atoms with Crippen molar-refractivity contribution in [3.63, 3.8) is 0 Å². The van der Waals surface area contributed by atoms with Gasteiger partial charge in [0, 0.05) is 278 Å². The number of morpholine rings is 1. The Morgan fingerprint density at radius 2 is 0.655 bits per heavy atom. The van der Waals surface area contributed by atoms with E-state index in [1.54, 1.807) is 86.0 Å². The normalized spacial score (nSPS) is 14.4. The maximum atomic E-state index is 13.2. The number of hydrogen-bond acceptors (Lipinski definition) is 20. The van der Waals surface area contributed by atoms with E-state index in [-0.39, 0.29) is 39.9 Å². The van der Waals surface area contributed by atoms with Crippen LogP contribution in [-0.4, -0.2) is 210 Å². The molecule has 0 bridgehead atoms. The molecule has 4 fully saturated rings. The van der Waals surface area contributed by atoms with Crippen LogP contribution in [0.4, 0.5) is 55.6 Å². The van der Waals surface area contributed by atoms with Crippen LogP contribution >= 0.6 is 0 Å². The lowest BCUT2D eigenvalue weighted by atomic mass is 10.1. The smallest absolute Gasteiger partial charge is 0.253 e. The molecule has 31 heteroatoms. The highest BCUT2D eigenvalue weighted by atomic mass is 19.1. The summed E-state index contributed by atoms with van der Waals surface area (Å²) in [7, 11) is 0. The van der Waals surface area contributed by atoms with Gasteiger partial charge in [-0.25, -0.2) is 24.3 Å². The SMILES string of the molecule is CC(C)N1CCN(c2ccc(Nc3ccc(-c4cc[nH]c(=O)c4)n4ccnc34)cc2)CC1.O=C(c1ccc(Nc2ccc(-c3cc[nH]c(=O)c3)n3ccnc23)cc1)N1CCN(Cc2ccc(F)cc2)CC1.O=C(c1ccc(Nc2ccc(-c3cc[nH]c(=O)c3)n3ccnc23)cc1)N1CCN(Cc2ccccc2)CC1.O=c1cc(-c2ccc(Nc3ccc(CN4CCOCC4)cc3)c3nccn23)cc[nH]1. The Balaban J connectivity index is 0.000000119. The van der Waals surface area contributed by atoms with Gasteiger partial charge in [-0.15, -0.1) is 0 Å². The number of anilines is 9. The number of rotatable bonds is 22. The third-order valence-corrected chi connectivity index (χ3v) is 25.5. The number of piperazine rings is 3. The number of carbonyl (C=O) groups excluding carboxylic acids is 2. The molecule has 4 saturated heterocycles. The molecule has 702 valence electrons. The third-order valence-electron chi connectivity index (χ3n) is 25.5. The molecule has 8 N–H and O–H groups in total. The second kappa shape index (κ2) is 42.6. The summed E-state index contributed by atoms with van der Waals surface area (Å²) in [5, 5.41) is 13.8. The molecule has 12 aromatic heterocycles. The first-order valence-corrected chi connectivity index (χ1v) is 46.7. The predicted molar refractivity (Wildman–Crippen MR) is 544 cm³/mol. The van der Waals surface area contributed by atoms with Crippen LogP contribution in [0.1, 0.15) is 51.3 Å². The van der Waals surface area contributed by atoms with Crippen molar-refractivity contribution in [2.75, 3.05) is 131 Å². The zero-order chi connectivity index (χ0) is 95.1. The van der Waals surface area contributed by atoms with Crippen molar-refractivity contribution in [1.82, 2.24) is 86.9 Å². The highest BCUT2D eigenvalue weighted by Gasteiger charge is 2.27. The number of hydrogen-bond donors (Lipinski definition) is 8. The number of amides is 2. The summed E-state index contributed by atoms with van der Waals surface area (Å²) in [6.45, 7) is 21.1. The van der Waals surface area contributed by atoms with E-state index < -0.39 is 0 Å². The van der Waals surface area contributed by atoms with E-state index in [2.05, 4.69) is 172 Å². The maximum Gasteiger partial charge on any atom is 0.253 e. The Morgan fingerprint density at radius 3 is 0.986 bits per heavy atom. The van der Waals surface area contributed by atoms with Gasteiger partial charge in [0.1, 0.15) is 5.82 Å². The second-order valence-electron chi connectivity index (χ2n) is 34.9. The number of benzene rings is 6. The number of imidazole rings is 4. The van der Waals surface area contributed by atoms with Crippen LogP contribution in [0.5, 0.6) is 0 Å². The molecule has 0 spiro atoms. The van der Waals surface area contributed by atoms with Gasteiger partial charge in [0.15, 0.2) is 22.6 Å². The molecule has 0 atom stereocenters. The topological polar surface area (TPSA) is 315 Å². The van der Waals surface area contributed by atoms with Gasteiger partial charge in [0.2, 0.25) is 22.2 Å². The first-order valence-electron chi connectivity index (χ1n) is 46.7. The lowest BCUT2D eigenvalue weighted by Crippen LogP contribution is -2.48. The number of nitrogens with one attached hydrogen (secondary N) is 8. The Labute approximate surface area is 800 Å². The molecule has 22 rings (SSSR count). The van der Waals surface area contributed by atoms with Crippen LogP contribution in [0.2, 0.25) is 0 Å². The lowest BCUT2D eigenvalue weighted by molar-refractivity contribution is 0.0342. The average molecular weight is 1860 g/mol. The van der Waals surface area contributed by atoms with Crippen molar-refractivity contribution in [3.8, 4) is 45.0 Å². The van der Waals surface area contributed by atoms with E-state index in [0.29, 0.717) is 30.3 Å². The number of pyridine rings is 8. The summed E-state index contributed by atoms with van der Waals surface area (Å²) in [6, 6.07) is 79.4. The molecule has 139 heavy (non-hydrogen) atoms. The maximum absolute atomic E-state index is 13.2. The number of ether oxygens (including phenoxy) is 1. The van der Waals surface area contributed by atoms with Gasteiger partial charge >= 0.3 is 0 Å². The second-order valence-corrected chi connectivity index (χ2v) is 34.9. The van der Waals surface area contributed by atoms with Crippen molar-refractivity contribution in [3.05, 3.63) is 398 Å². The highest BCUT2D eigenvalue weighted by molar-refractivity contribution is 5.96. The van der Waals surface area contributed by atoms with Gasteiger partial charge in [-0.3, -0.25) is 66.0 Å². The summed E-state index contributed by atoms with van der Waals surface area (Å²) in [5.41, 5.74) is 22.9. The van der Waals surface area contributed by atoms with Gasteiger partial charge in [0.25, 0.3) is 11.8 Å². The minimum absolute atomic E-state index is 0.0147. The summed E-state index contributed by atoms with van der Waals surface area (Å²) < 4.78 is 26.5. The van der Waals surface area contributed by atoms with Crippen molar-refractivity contribution >= 4 is 85.6 Å². The van der Waals surface area contributed by atoms with Crippen LogP contribution in [0.25, 0.3) is 67.6 Å². The predicted octanol–water partition coefficient (Wildman–Crippen LogP) is 16.2. The molecule has 18 aromatic rings. The average Bonchev–Trinajstić information content (AvgIpc) is 1.71. The molecule has 0 radical (unpaired) electrons. The molecule has 0 unspecified atom stereocenters. The standard InChI is InChI=1S/C30H27FN6O2.C30H28N6O2.C25H28N6O.C23H23N5O2/c31-24-5-1-21(2-6-24)20-35-15-17-36(18-16-35)30(39)22-3-7-25(8-4-22)34-26-9-10-27(37-14-13-33-29(26)37)23-11-12-32-28(38)19-23;37-28-20-24(12-13-31-28)27-11-10-26(29-32-14-15-36(27)29)33-25-8-6-23(7-9-25)30(38)35-18-16-34(17-19-35)21-22-4-2-1-3-5-22;1-18(2)29-13-15-30(16-14-29)21-5-3-20(4-6-21)28-22-7-8-23(31-12-11-27-25(22)31)19-9-10-26-24(32)17-19;29-22-15-18(7-8-24-22)21-6-5-20(23-25-9-10-28(21)23)26-19-3-1-17(2-4-19)16-27-11-13-30-14-12-27/h1-14,19,34H,15-18,20H2,(H,32,38);1-15,20,33H,16-19,21H2,(H,31,37);3-12,17-18,28H,13-16H2,1-2H3,(H,26,32);1-10,15,26H,11-14,16H2,(H,24,29). The van der Waals surface area contributed by atoms with E-state index >= 15 is 0 Å². The number of H-pyrrole nitrogens is 4. The Bertz CT molecular complexity index is 7540. The van der Waals surface area contributed by atoms with E-state index in [4.69, 9.17) is 4.74 Å². The fourth-order valence-corrected chi connectivity index (χ4v) is 18.1. The van der Waals surface area contributed by atoms with E-state index in [1.165, 1.54) is 28.9 Å². The van der Waals surface area contributed by atoms with Crippen molar-refractivity contribution in [1.29, 1.82) is 0 Å². The fraction of sp³-hybridized carbons (Fsp3) is 0.204. The highest BCUT2D eigenvalue weighted by Crippen LogP contribution is 2.34. The summed E-state index contributed by atoms with van der Waals surface area (Å²) in [6.07, 6.45) is 21.1. The van der Waals surface area contributed by atoms with Crippen LogP contribution in [0, 0.1) is 5.82 Å². The molecule has 6 aromatic carbocycles.